The Hall–Kier alpha value is -2.63. The van der Waals surface area contributed by atoms with E-state index in [1.807, 2.05) is 6.92 Å². The Kier molecular flexibility index (Phi) is 4.71. The zero-order valence-electron chi connectivity index (χ0n) is 12.0. The first-order valence-corrected chi connectivity index (χ1v) is 6.64. The molecule has 2 aromatic rings. The fourth-order valence-corrected chi connectivity index (χ4v) is 1.83. The Morgan fingerprint density at radius 2 is 2.05 bits per heavy atom. The summed E-state index contributed by atoms with van der Waals surface area (Å²) in [6.45, 7) is 4.09. The van der Waals surface area contributed by atoms with Gasteiger partial charge in [-0.3, -0.25) is 14.2 Å². The summed E-state index contributed by atoms with van der Waals surface area (Å²) >= 11 is 0. The molecule has 21 heavy (non-hydrogen) atoms. The van der Waals surface area contributed by atoms with Gasteiger partial charge in [-0.25, -0.2) is 4.98 Å². The number of carbonyl (C=O) groups is 1. The zero-order chi connectivity index (χ0) is 15.2. The molecular weight excluding hydrogens is 270 g/mol. The molecular formula is C15H17N3O3. The summed E-state index contributed by atoms with van der Waals surface area (Å²) in [4.78, 5) is 27.6. The lowest BCUT2D eigenvalue weighted by Gasteiger charge is -2.08. The van der Waals surface area contributed by atoms with Crippen LogP contribution in [-0.2, 0) is 11.3 Å². The van der Waals surface area contributed by atoms with Crippen molar-refractivity contribution in [1.82, 2.24) is 9.55 Å². The fourth-order valence-electron chi connectivity index (χ4n) is 1.83. The van der Waals surface area contributed by atoms with Gasteiger partial charge in [0.15, 0.2) is 0 Å². The third kappa shape index (κ3) is 3.92. The molecule has 1 heterocycles. The largest absolute Gasteiger partial charge is 0.494 e. The molecule has 0 aliphatic rings. The zero-order valence-corrected chi connectivity index (χ0v) is 12.0. The molecule has 1 aromatic heterocycles. The van der Waals surface area contributed by atoms with Crippen LogP contribution in [0.15, 0.2) is 41.6 Å². The van der Waals surface area contributed by atoms with Crippen LogP contribution < -0.4 is 15.6 Å². The molecule has 0 fully saturated rings. The van der Waals surface area contributed by atoms with E-state index in [4.69, 9.17) is 4.74 Å². The minimum Gasteiger partial charge on any atom is -0.494 e. The summed E-state index contributed by atoms with van der Waals surface area (Å²) in [5.74, 6) is 0.461. The molecule has 0 bridgehead atoms. The Labute approximate surface area is 122 Å². The van der Waals surface area contributed by atoms with Gasteiger partial charge in [-0.2, -0.15) is 0 Å². The second-order valence-electron chi connectivity index (χ2n) is 4.52. The quantitative estimate of drug-likeness (QED) is 0.906. The molecule has 1 amide bonds. The van der Waals surface area contributed by atoms with Crippen LogP contribution in [0.2, 0.25) is 0 Å². The average Bonchev–Trinajstić information content (AvgIpc) is 2.46. The van der Waals surface area contributed by atoms with Gasteiger partial charge in [0.2, 0.25) is 5.91 Å². The summed E-state index contributed by atoms with van der Waals surface area (Å²) < 4.78 is 6.60. The molecule has 6 heteroatoms. The molecule has 0 saturated carbocycles. The van der Waals surface area contributed by atoms with E-state index in [0.717, 1.165) is 5.75 Å². The molecule has 1 aromatic carbocycles. The average molecular weight is 287 g/mol. The number of nitrogens with one attached hydrogen (secondary N) is 1. The number of anilines is 1. The van der Waals surface area contributed by atoms with Gasteiger partial charge in [0.1, 0.15) is 12.3 Å². The lowest BCUT2D eigenvalue weighted by molar-refractivity contribution is -0.116. The number of nitrogens with zero attached hydrogens (tertiary/aromatic N) is 2. The van der Waals surface area contributed by atoms with Crippen LogP contribution in [0, 0.1) is 6.92 Å². The van der Waals surface area contributed by atoms with E-state index in [0.29, 0.717) is 17.9 Å². The molecule has 6 nitrogen and oxygen atoms in total. The minimum atomic E-state index is -0.284. The van der Waals surface area contributed by atoms with Gasteiger partial charge in [-0.05, 0) is 38.1 Å². The molecule has 0 radical (unpaired) electrons. The summed E-state index contributed by atoms with van der Waals surface area (Å²) in [6, 6.07) is 7.05. The maximum absolute atomic E-state index is 11.9. The maximum Gasteiger partial charge on any atom is 0.256 e. The Balaban J connectivity index is 2.01. The van der Waals surface area contributed by atoms with Crippen LogP contribution in [0.4, 0.5) is 5.69 Å². The summed E-state index contributed by atoms with van der Waals surface area (Å²) in [5, 5.41) is 2.72. The molecule has 0 spiro atoms. The second-order valence-corrected chi connectivity index (χ2v) is 4.52. The molecule has 0 saturated heterocycles. The smallest absolute Gasteiger partial charge is 0.256 e. The summed E-state index contributed by atoms with van der Waals surface area (Å²) in [7, 11) is 0. The predicted octanol–water partition coefficient (Wildman–Crippen LogP) is 1.59. The number of amides is 1. The van der Waals surface area contributed by atoms with Crippen LogP contribution in [0.25, 0.3) is 0 Å². The highest BCUT2D eigenvalue weighted by Crippen LogP contribution is 2.15. The van der Waals surface area contributed by atoms with Crippen LogP contribution >= 0.6 is 0 Å². The monoisotopic (exact) mass is 287 g/mol. The molecule has 110 valence electrons. The Bertz CT molecular complexity index is 677. The maximum atomic E-state index is 11.9. The van der Waals surface area contributed by atoms with Crippen molar-refractivity contribution in [1.29, 1.82) is 0 Å². The number of carbonyl (C=O) groups excluding carboxylic acids is 1. The number of ether oxygens (including phenoxy) is 1. The van der Waals surface area contributed by atoms with Gasteiger partial charge in [0, 0.05) is 17.4 Å². The standard InChI is InChI=1S/C15H17N3O3/c1-3-21-13-6-4-12(5-7-13)17-14(19)9-18-10-16-8-11(2)15(18)20/h4-8,10H,3,9H2,1-2H3,(H,17,19). The van der Waals surface area contributed by atoms with Crippen LogP contribution in [0.3, 0.4) is 0 Å². The van der Waals surface area contributed by atoms with Gasteiger partial charge >= 0.3 is 0 Å². The highest BCUT2D eigenvalue weighted by Gasteiger charge is 2.06. The van der Waals surface area contributed by atoms with E-state index < -0.39 is 0 Å². The minimum absolute atomic E-state index is 0.0687. The number of hydrogen-bond acceptors (Lipinski definition) is 4. The fraction of sp³-hybridized carbons (Fsp3) is 0.267. The number of aromatic nitrogens is 2. The van der Waals surface area contributed by atoms with Gasteiger partial charge < -0.3 is 10.1 Å². The molecule has 1 N–H and O–H groups in total. The van der Waals surface area contributed by atoms with Crippen LogP contribution in [0.5, 0.6) is 5.75 Å². The van der Waals surface area contributed by atoms with Crippen molar-refractivity contribution < 1.29 is 9.53 Å². The molecule has 0 unspecified atom stereocenters. The van der Waals surface area contributed by atoms with Crippen LogP contribution in [0.1, 0.15) is 12.5 Å². The number of benzene rings is 1. The van der Waals surface area contributed by atoms with Gasteiger partial charge in [-0.15, -0.1) is 0 Å². The molecule has 2 rings (SSSR count). The number of rotatable bonds is 5. The first-order chi connectivity index (χ1) is 10.1. The SMILES string of the molecule is CCOc1ccc(NC(=O)Cn2cncc(C)c2=O)cc1. The third-order valence-electron chi connectivity index (χ3n) is 2.84. The van der Waals surface area contributed by atoms with Gasteiger partial charge in [0.05, 0.1) is 12.9 Å². The predicted molar refractivity (Wildman–Crippen MR) is 79.5 cm³/mol. The molecule has 0 atom stereocenters. The van der Waals surface area contributed by atoms with Gasteiger partial charge in [-0.1, -0.05) is 0 Å². The summed E-state index contributed by atoms with van der Waals surface area (Å²) in [5.41, 5.74) is 0.940. The highest BCUT2D eigenvalue weighted by atomic mass is 16.5. The Morgan fingerprint density at radius 3 is 2.71 bits per heavy atom. The topological polar surface area (TPSA) is 73.2 Å². The number of aryl methyl sites for hydroxylation is 1. The first kappa shape index (κ1) is 14.8. The van der Waals surface area contributed by atoms with Crippen LogP contribution in [-0.4, -0.2) is 22.1 Å². The first-order valence-electron chi connectivity index (χ1n) is 6.64. The van der Waals surface area contributed by atoms with Crippen molar-refractivity contribution in [3.8, 4) is 5.75 Å². The highest BCUT2D eigenvalue weighted by molar-refractivity contribution is 5.90. The molecule has 0 aliphatic heterocycles. The van der Waals surface area contributed by atoms with Crippen molar-refractivity contribution in [2.24, 2.45) is 0 Å². The van der Waals surface area contributed by atoms with E-state index in [1.54, 1.807) is 31.2 Å². The van der Waals surface area contributed by atoms with Crippen molar-refractivity contribution >= 4 is 11.6 Å². The lowest BCUT2D eigenvalue weighted by atomic mass is 10.3. The molecule has 0 aliphatic carbocycles. The van der Waals surface area contributed by atoms with E-state index in [-0.39, 0.29) is 18.0 Å². The lowest BCUT2D eigenvalue weighted by Crippen LogP contribution is -2.28. The normalized spacial score (nSPS) is 10.2. The van der Waals surface area contributed by atoms with E-state index in [1.165, 1.54) is 17.1 Å². The van der Waals surface area contributed by atoms with Gasteiger partial charge in [0.25, 0.3) is 5.56 Å². The number of hydrogen-bond donors (Lipinski definition) is 1. The van der Waals surface area contributed by atoms with E-state index in [9.17, 15) is 9.59 Å². The third-order valence-corrected chi connectivity index (χ3v) is 2.84. The van der Waals surface area contributed by atoms with E-state index >= 15 is 0 Å². The van der Waals surface area contributed by atoms with Crippen molar-refractivity contribution in [3.05, 3.63) is 52.7 Å². The summed E-state index contributed by atoms with van der Waals surface area (Å²) in [6.07, 6.45) is 2.83. The Morgan fingerprint density at radius 1 is 1.33 bits per heavy atom. The second kappa shape index (κ2) is 6.69. The van der Waals surface area contributed by atoms with Crippen molar-refractivity contribution in [2.75, 3.05) is 11.9 Å². The van der Waals surface area contributed by atoms with Crippen molar-refractivity contribution in [2.45, 2.75) is 20.4 Å². The van der Waals surface area contributed by atoms with E-state index in [2.05, 4.69) is 10.3 Å². The van der Waals surface area contributed by atoms with Crippen molar-refractivity contribution in [3.63, 3.8) is 0 Å².